The Hall–Kier alpha value is -0.900. The molecule has 102 valence electrons. The van der Waals surface area contributed by atoms with Crippen molar-refractivity contribution in [2.24, 2.45) is 0 Å². The molecule has 0 aliphatic rings. The fourth-order valence-electron chi connectivity index (χ4n) is 2.24. The van der Waals surface area contributed by atoms with Crippen molar-refractivity contribution in [3.05, 3.63) is 35.9 Å². The van der Waals surface area contributed by atoms with Crippen LogP contribution in [-0.2, 0) is 4.74 Å². The summed E-state index contributed by atoms with van der Waals surface area (Å²) in [5.41, 5.74) is 0.966. The van der Waals surface area contributed by atoms with Crippen molar-refractivity contribution < 1.29 is 9.84 Å². The fourth-order valence-corrected chi connectivity index (χ4v) is 2.24. The zero-order chi connectivity index (χ0) is 13.5. The van der Waals surface area contributed by atoms with Crippen LogP contribution in [0.15, 0.2) is 30.3 Å². The molecule has 0 aliphatic carbocycles. The van der Waals surface area contributed by atoms with Crippen LogP contribution >= 0.6 is 0 Å². The fraction of sp³-hybridized carbons (Fsp3) is 0.600. The first-order valence-electron chi connectivity index (χ1n) is 6.55. The summed E-state index contributed by atoms with van der Waals surface area (Å²) in [5.74, 6) is 0. The highest BCUT2D eigenvalue weighted by Crippen LogP contribution is 2.22. The Morgan fingerprint density at radius 1 is 1.17 bits per heavy atom. The van der Waals surface area contributed by atoms with Gasteiger partial charge in [0.15, 0.2) is 0 Å². The van der Waals surface area contributed by atoms with E-state index in [4.69, 9.17) is 4.74 Å². The molecule has 0 amide bonds. The molecule has 0 saturated carbocycles. The first-order chi connectivity index (χ1) is 8.57. The predicted molar refractivity (Wildman–Crippen MR) is 74.6 cm³/mol. The highest BCUT2D eigenvalue weighted by molar-refractivity contribution is 5.18. The van der Waals surface area contributed by atoms with Gasteiger partial charge >= 0.3 is 0 Å². The second kappa shape index (κ2) is 7.52. The quantitative estimate of drug-likeness (QED) is 0.808. The summed E-state index contributed by atoms with van der Waals surface area (Å²) in [4.78, 5) is 2.27. The second-order valence-corrected chi connectivity index (χ2v) is 4.92. The minimum atomic E-state index is -0.467. The smallest absolute Gasteiger partial charge is 0.0942 e. The lowest BCUT2D eigenvalue weighted by molar-refractivity contribution is 0.0245. The second-order valence-electron chi connectivity index (χ2n) is 4.92. The Morgan fingerprint density at radius 3 is 2.28 bits per heavy atom. The van der Waals surface area contributed by atoms with Crippen molar-refractivity contribution in [1.29, 1.82) is 0 Å². The zero-order valence-electron chi connectivity index (χ0n) is 11.8. The lowest BCUT2D eigenvalue weighted by Gasteiger charge is -2.35. The number of rotatable bonds is 7. The summed E-state index contributed by atoms with van der Waals surface area (Å²) in [6.07, 6.45) is -0.467. The Kier molecular flexibility index (Phi) is 6.33. The van der Waals surface area contributed by atoms with E-state index in [1.54, 1.807) is 7.11 Å². The van der Waals surface area contributed by atoms with Gasteiger partial charge in [0.1, 0.15) is 0 Å². The Bertz CT molecular complexity index is 327. The van der Waals surface area contributed by atoms with Crippen molar-refractivity contribution >= 4 is 0 Å². The molecule has 3 heteroatoms. The Balaban J connectivity index is 2.73. The first kappa shape index (κ1) is 15.2. The molecule has 2 unspecified atom stereocenters. The van der Waals surface area contributed by atoms with E-state index in [0.717, 1.165) is 12.1 Å². The van der Waals surface area contributed by atoms with E-state index in [2.05, 4.69) is 25.7 Å². The van der Waals surface area contributed by atoms with E-state index in [1.807, 2.05) is 30.3 Å². The van der Waals surface area contributed by atoms with Crippen LogP contribution in [0.1, 0.15) is 32.4 Å². The van der Waals surface area contributed by atoms with E-state index < -0.39 is 6.10 Å². The van der Waals surface area contributed by atoms with Gasteiger partial charge in [-0.2, -0.15) is 0 Å². The molecule has 1 aromatic carbocycles. The number of aliphatic hydroxyl groups excluding tert-OH is 1. The van der Waals surface area contributed by atoms with Gasteiger partial charge in [-0.3, -0.25) is 4.90 Å². The predicted octanol–water partition coefficient (Wildman–Crippen LogP) is 2.47. The van der Waals surface area contributed by atoms with E-state index >= 15 is 0 Å². The van der Waals surface area contributed by atoms with E-state index in [-0.39, 0.29) is 6.04 Å². The van der Waals surface area contributed by atoms with E-state index in [9.17, 15) is 5.11 Å². The number of aliphatic hydroxyl groups is 1. The lowest BCUT2D eigenvalue weighted by atomic mass is 10.0. The molecule has 18 heavy (non-hydrogen) atoms. The van der Waals surface area contributed by atoms with Crippen molar-refractivity contribution in [3.8, 4) is 0 Å². The third-order valence-electron chi connectivity index (χ3n) is 3.34. The van der Waals surface area contributed by atoms with Gasteiger partial charge in [0, 0.05) is 25.7 Å². The molecule has 0 bridgehead atoms. The van der Waals surface area contributed by atoms with Gasteiger partial charge in [-0.25, -0.2) is 0 Å². The number of methoxy groups -OCH3 is 1. The summed E-state index contributed by atoms with van der Waals surface area (Å²) in [7, 11) is 1.71. The minimum absolute atomic E-state index is 0.0718. The van der Waals surface area contributed by atoms with Gasteiger partial charge in [0.25, 0.3) is 0 Å². The van der Waals surface area contributed by atoms with Crippen LogP contribution in [0.4, 0.5) is 0 Å². The maximum atomic E-state index is 10.4. The summed E-state index contributed by atoms with van der Waals surface area (Å²) in [6.45, 7) is 7.87. The molecule has 0 heterocycles. The highest BCUT2D eigenvalue weighted by Gasteiger charge is 2.24. The van der Waals surface area contributed by atoms with Crippen molar-refractivity contribution in [1.82, 2.24) is 4.90 Å². The van der Waals surface area contributed by atoms with Crippen LogP contribution in [0.25, 0.3) is 0 Å². The maximum Gasteiger partial charge on any atom is 0.0942 e. The minimum Gasteiger partial charge on any atom is -0.387 e. The lowest BCUT2D eigenvalue weighted by Crippen LogP contribution is -2.44. The van der Waals surface area contributed by atoms with Crippen LogP contribution < -0.4 is 0 Å². The molecule has 3 nitrogen and oxygen atoms in total. The van der Waals surface area contributed by atoms with Crippen LogP contribution in [0.5, 0.6) is 0 Å². The Labute approximate surface area is 110 Å². The highest BCUT2D eigenvalue weighted by atomic mass is 16.5. The van der Waals surface area contributed by atoms with Gasteiger partial charge < -0.3 is 9.84 Å². The van der Waals surface area contributed by atoms with Crippen LogP contribution in [0, 0.1) is 0 Å². The third-order valence-corrected chi connectivity index (χ3v) is 3.34. The number of hydrogen-bond donors (Lipinski definition) is 1. The molecule has 0 aliphatic heterocycles. The summed E-state index contributed by atoms with van der Waals surface area (Å²) >= 11 is 0. The molecule has 0 fully saturated rings. The molecule has 0 saturated heterocycles. The number of benzene rings is 1. The summed E-state index contributed by atoms with van der Waals surface area (Å²) in [5, 5.41) is 10.4. The molecule has 2 atom stereocenters. The average Bonchev–Trinajstić information content (AvgIpc) is 2.38. The first-order valence-corrected chi connectivity index (χ1v) is 6.55. The molecule has 0 radical (unpaired) electrons. The normalized spacial score (nSPS) is 15.1. The van der Waals surface area contributed by atoms with Gasteiger partial charge in [0.05, 0.1) is 12.7 Å². The average molecular weight is 251 g/mol. The maximum absolute atomic E-state index is 10.4. The topological polar surface area (TPSA) is 32.7 Å². The summed E-state index contributed by atoms with van der Waals surface area (Å²) < 4.78 is 5.13. The van der Waals surface area contributed by atoms with E-state index in [1.165, 1.54) is 0 Å². The largest absolute Gasteiger partial charge is 0.387 e. The number of nitrogens with zero attached hydrogens (tertiary/aromatic N) is 1. The zero-order valence-corrected chi connectivity index (χ0v) is 11.8. The number of ether oxygens (including phenoxy) is 1. The van der Waals surface area contributed by atoms with E-state index in [0.29, 0.717) is 12.6 Å². The Morgan fingerprint density at radius 2 is 1.78 bits per heavy atom. The molecule has 1 rings (SSSR count). The van der Waals surface area contributed by atoms with Crippen LogP contribution in [0.2, 0.25) is 0 Å². The number of hydrogen-bond acceptors (Lipinski definition) is 3. The van der Waals surface area contributed by atoms with Gasteiger partial charge in [-0.05, 0) is 26.3 Å². The monoisotopic (exact) mass is 251 g/mol. The van der Waals surface area contributed by atoms with Crippen molar-refractivity contribution in [3.63, 3.8) is 0 Å². The molecule has 0 spiro atoms. The molecule has 1 aromatic rings. The molecular formula is C15H25NO2. The SMILES string of the molecule is COCCN(C(C)C)C(C)C(O)c1ccccc1. The standard InChI is InChI=1S/C15H25NO2/c1-12(2)16(10-11-18-4)13(3)15(17)14-8-6-5-7-9-14/h5-9,12-13,15,17H,10-11H2,1-4H3. The van der Waals surface area contributed by atoms with Gasteiger partial charge in [-0.1, -0.05) is 30.3 Å². The van der Waals surface area contributed by atoms with Crippen LogP contribution in [0.3, 0.4) is 0 Å². The molecular weight excluding hydrogens is 226 g/mol. The third kappa shape index (κ3) is 4.09. The van der Waals surface area contributed by atoms with Crippen molar-refractivity contribution in [2.75, 3.05) is 20.3 Å². The van der Waals surface area contributed by atoms with Gasteiger partial charge in [0.2, 0.25) is 0 Å². The van der Waals surface area contributed by atoms with Crippen LogP contribution in [-0.4, -0.2) is 42.4 Å². The van der Waals surface area contributed by atoms with Crippen molar-refractivity contribution in [2.45, 2.75) is 39.0 Å². The van der Waals surface area contributed by atoms with Gasteiger partial charge in [-0.15, -0.1) is 0 Å². The summed E-state index contributed by atoms with van der Waals surface area (Å²) in [6, 6.07) is 10.3. The molecule has 0 aromatic heterocycles. The molecule has 1 N–H and O–H groups in total.